The molecule has 0 bridgehead atoms. The van der Waals surface area contributed by atoms with E-state index in [4.69, 9.17) is 4.74 Å². The van der Waals surface area contributed by atoms with E-state index in [0.717, 1.165) is 21.9 Å². The van der Waals surface area contributed by atoms with Crippen molar-refractivity contribution in [3.8, 4) is 5.75 Å². The lowest BCUT2D eigenvalue weighted by molar-refractivity contribution is -0.121. The number of thiazole rings is 1. The van der Waals surface area contributed by atoms with Crippen molar-refractivity contribution in [1.29, 1.82) is 0 Å². The summed E-state index contributed by atoms with van der Waals surface area (Å²) in [6.07, 6.45) is 0.177. The van der Waals surface area contributed by atoms with Gasteiger partial charge in [-0.05, 0) is 42.3 Å². The Balaban J connectivity index is 1.36. The molecule has 0 aliphatic heterocycles. The summed E-state index contributed by atoms with van der Waals surface area (Å²) < 4.78 is 18.6. The standard InChI is InChI=1S/C23H23FN4O2S/c1-14(2)22(23-26-18-5-3-4-6-19(18)27-23)28-20(29)11-16-13-31-21(25-16)12-30-17-9-7-15(24)8-10-17/h3-10,13-14,22H,11-12H2,1-2H3,(H,26,27)(H,28,29)/t22-/m0/s1. The Morgan fingerprint density at radius 3 is 2.68 bits per heavy atom. The Hall–Kier alpha value is -3.26. The molecule has 2 heterocycles. The number of nitrogens with one attached hydrogen (secondary N) is 2. The molecule has 0 radical (unpaired) electrons. The maximum absolute atomic E-state index is 13.0. The van der Waals surface area contributed by atoms with Gasteiger partial charge in [0.1, 0.15) is 29.0 Å². The molecule has 0 spiro atoms. The van der Waals surface area contributed by atoms with Crippen LogP contribution >= 0.6 is 11.3 Å². The van der Waals surface area contributed by atoms with Gasteiger partial charge >= 0.3 is 0 Å². The lowest BCUT2D eigenvalue weighted by Gasteiger charge is -2.20. The van der Waals surface area contributed by atoms with Crippen LogP contribution < -0.4 is 10.1 Å². The molecule has 1 amide bonds. The maximum atomic E-state index is 13.0. The third-order valence-electron chi connectivity index (χ3n) is 4.80. The topological polar surface area (TPSA) is 79.9 Å². The smallest absolute Gasteiger partial charge is 0.226 e. The third kappa shape index (κ3) is 5.27. The van der Waals surface area contributed by atoms with Crippen LogP contribution in [0.5, 0.6) is 5.75 Å². The molecule has 2 aromatic heterocycles. The number of hydrogen-bond acceptors (Lipinski definition) is 5. The molecule has 4 aromatic rings. The summed E-state index contributed by atoms with van der Waals surface area (Å²) in [5.74, 6) is 1.06. The van der Waals surface area contributed by atoms with Crippen molar-refractivity contribution in [3.05, 3.63) is 76.3 Å². The number of nitrogens with zero attached hydrogens (tertiary/aromatic N) is 2. The maximum Gasteiger partial charge on any atom is 0.226 e. The van der Waals surface area contributed by atoms with Crippen molar-refractivity contribution in [1.82, 2.24) is 20.3 Å². The molecule has 2 aromatic carbocycles. The van der Waals surface area contributed by atoms with Crippen LogP contribution in [-0.2, 0) is 17.8 Å². The van der Waals surface area contributed by atoms with Gasteiger partial charge in [0.2, 0.25) is 5.91 Å². The molecular weight excluding hydrogens is 415 g/mol. The highest BCUT2D eigenvalue weighted by Gasteiger charge is 2.22. The number of fused-ring (bicyclic) bond motifs is 1. The molecule has 0 aliphatic carbocycles. The number of aromatic nitrogens is 3. The Labute approximate surface area is 183 Å². The number of carbonyl (C=O) groups is 1. The molecule has 0 saturated carbocycles. The minimum Gasteiger partial charge on any atom is -0.486 e. The Bertz CT molecular complexity index is 1140. The van der Waals surface area contributed by atoms with Crippen molar-refractivity contribution >= 4 is 28.3 Å². The number of ether oxygens (including phenoxy) is 1. The molecule has 0 aliphatic rings. The van der Waals surface area contributed by atoms with Crippen LogP contribution in [0.15, 0.2) is 53.9 Å². The average Bonchev–Trinajstić information content (AvgIpc) is 3.38. The number of hydrogen-bond donors (Lipinski definition) is 2. The first-order chi connectivity index (χ1) is 15.0. The van der Waals surface area contributed by atoms with Crippen molar-refractivity contribution in [3.63, 3.8) is 0 Å². The van der Waals surface area contributed by atoms with E-state index in [-0.39, 0.29) is 36.7 Å². The first-order valence-electron chi connectivity index (χ1n) is 10.0. The molecule has 0 fully saturated rings. The second-order valence-electron chi connectivity index (χ2n) is 7.58. The zero-order valence-corrected chi connectivity index (χ0v) is 18.1. The largest absolute Gasteiger partial charge is 0.486 e. The Kier molecular flexibility index (Phi) is 6.27. The normalized spacial score (nSPS) is 12.3. The molecule has 160 valence electrons. The SMILES string of the molecule is CC(C)[C@H](NC(=O)Cc1csc(COc2ccc(F)cc2)n1)c1nc2ccccc2[nH]1. The van der Waals surface area contributed by atoms with Gasteiger partial charge in [0, 0.05) is 5.38 Å². The van der Waals surface area contributed by atoms with Crippen molar-refractivity contribution in [2.75, 3.05) is 0 Å². The van der Waals surface area contributed by atoms with E-state index < -0.39 is 0 Å². The van der Waals surface area contributed by atoms with Gasteiger partial charge in [0.15, 0.2) is 0 Å². The van der Waals surface area contributed by atoms with E-state index in [1.807, 2.05) is 43.5 Å². The van der Waals surface area contributed by atoms with Crippen molar-refractivity contribution in [2.45, 2.75) is 32.9 Å². The number of halogens is 1. The van der Waals surface area contributed by atoms with Crippen LogP contribution in [0.2, 0.25) is 0 Å². The van der Waals surface area contributed by atoms with Crippen LogP contribution in [-0.4, -0.2) is 20.9 Å². The van der Waals surface area contributed by atoms with E-state index in [9.17, 15) is 9.18 Å². The van der Waals surface area contributed by atoms with E-state index in [1.54, 1.807) is 12.1 Å². The van der Waals surface area contributed by atoms with Gasteiger partial charge in [0.25, 0.3) is 0 Å². The monoisotopic (exact) mass is 438 g/mol. The van der Waals surface area contributed by atoms with E-state index in [2.05, 4.69) is 20.3 Å². The summed E-state index contributed by atoms with van der Waals surface area (Å²) >= 11 is 1.43. The summed E-state index contributed by atoms with van der Waals surface area (Å²) in [4.78, 5) is 25.1. The predicted molar refractivity (Wildman–Crippen MR) is 118 cm³/mol. The predicted octanol–water partition coefficient (Wildman–Crippen LogP) is 4.79. The Morgan fingerprint density at radius 2 is 1.94 bits per heavy atom. The van der Waals surface area contributed by atoms with Crippen LogP contribution in [0.3, 0.4) is 0 Å². The number of para-hydroxylation sites is 2. The number of benzene rings is 2. The van der Waals surface area contributed by atoms with E-state index in [0.29, 0.717) is 11.4 Å². The van der Waals surface area contributed by atoms with Gasteiger partial charge in [0.05, 0.1) is 29.2 Å². The van der Waals surface area contributed by atoms with Gasteiger partial charge in [-0.15, -0.1) is 11.3 Å². The summed E-state index contributed by atoms with van der Waals surface area (Å²) in [7, 11) is 0. The fourth-order valence-electron chi connectivity index (χ4n) is 3.23. The fraction of sp³-hybridized carbons (Fsp3) is 0.261. The van der Waals surface area contributed by atoms with Gasteiger partial charge in [-0.3, -0.25) is 4.79 Å². The minimum atomic E-state index is -0.308. The van der Waals surface area contributed by atoms with Gasteiger partial charge in [-0.1, -0.05) is 26.0 Å². The molecule has 0 unspecified atom stereocenters. The van der Waals surface area contributed by atoms with Crippen molar-refractivity contribution < 1.29 is 13.9 Å². The van der Waals surface area contributed by atoms with Crippen LogP contribution in [0.1, 0.15) is 36.4 Å². The molecule has 8 heteroatoms. The highest BCUT2D eigenvalue weighted by Crippen LogP contribution is 2.22. The Morgan fingerprint density at radius 1 is 1.16 bits per heavy atom. The van der Waals surface area contributed by atoms with E-state index in [1.165, 1.54) is 23.5 Å². The van der Waals surface area contributed by atoms with Crippen molar-refractivity contribution in [2.24, 2.45) is 5.92 Å². The number of imidazole rings is 1. The summed E-state index contributed by atoms with van der Waals surface area (Å²) in [6, 6.07) is 13.4. The first kappa shape index (κ1) is 21.0. The summed E-state index contributed by atoms with van der Waals surface area (Å²) in [6.45, 7) is 4.36. The van der Waals surface area contributed by atoms with Crippen LogP contribution in [0.4, 0.5) is 4.39 Å². The lowest BCUT2D eigenvalue weighted by Crippen LogP contribution is -2.33. The summed E-state index contributed by atoms with van der Waals surface area (Å²) in [5, 5.41) is 5.69. The molecule has 6 nitrogen and oxygen atoms in total. The molecule has 2 N–H and O–H groups in total. The number of rotatable bonds is 8. The van der Waals surface area contributed by atoms with Gasteiger partial charge in [-0.25, -0.2) is 14.4 Å². The number of carbonyl (C=O) groups excluding carboxylic acids is 1. The zero-order valence-electron chi connectivity index (χ0n) is 17.3. The second kappa shape index (κ2) is 9.26. The lowest BCUT2D eigenvalue weighted by atomic mass is 10.0. The quantitative estimate of drug-likeness (QED) is 0.414. The fourth-order valence-corrected chi connectivity index (χ4v) is 3.94. The number of amides is 1. The van der Waals surface area contributed by atoms with E-state index >= 15 is 0 Å². The second-order valence-corrected chi connectivity index (χ2v) is 8.52. The van der Waals surface area contributed by atoms with Gasteiger partial charge in [-0.2, -0.15) is 0 Å². The number of H-pyrrole nitrogens is 1. The zero-order chi connectivity index (χ0) is 21.8. The highest BCUT2D eigenvalue weighted by molar-refractivity contribution is 7.09. The minimum absolute atomic E-state index is 0.115. The number of aromatic amines is 1. The molecule has 31 heavy (non-hydrogen) atoms. The third-order valence-corrected chi connectivity index (χ3v) is 5.67. The van der Waals surface area contributed by atoms with Crippen LogP contribution in [0, 0.1) is 11.7 Å². The summed E-state index contributed by atoms with van der Waals surface area (Å²) in [5.41, 5.74) is 2.51. The van der Waals surface area contributed by atoms with Crippen LogP contribution in [0.25, 0.3) is 11.0 Å². The van der Waals surface area contributed by atoms with Gasteiger partial charge < -0.3 is 15.0 Å². The first-order valence-corrected chi connectivity index (χ1v) is 10.9. The molecule has 1 atom stereocenters. The highest BCUT2D eigenvalue weighted by atomic mass is 32.1. The molecular formula is C23H23FN4O2S. The molecule has 4 rings (SSSR count). The molecule has 0 saturated heterocycles. The average molecular weight is 439 g/mol.